The molecule has 30 heavy (non-hydrogen) atoms. The van der Waals surface area contributed by atoms with Gasteiger partial charge in [0.1, 0.15) is 10.6 Å². The summed E-state index contributed by atoms with van der Waals surface area (Å²) < 4.78 is 51.7. The molecular weight excluding hydrogens is 450 g/mol. The number of nitrogens with one attached hydrogen (secondary N) is 1. The molecule has 2 heterocycles. The average Bonchev–Trinajstić information content (AvgIpc) is 3.37. The van der Waals surface area contributed by atoms with E-state index in [-0.39, 0.29) is 23.7 Å². The van der Waals surface area contributed by atoms with Crippen molar-refractivity contribution in [3.63, 3.8) is 0 Å². The molecule has 14 heteroatoms. The molecule has 0 fully saturated rings. The number of fused-ring (bicyclic) bond motifs is 1. The maximum absolute atomic E-state index is 12.8. The Balaban J connectivity index is 2.12. The van der Waals surface area contributed by atoms with Crippen molar-refractivity contribution < 1.29 is 22.6 Å². The third-order valence-electron chi connectivity index (χ3n) is 4.36. The van der Waals surface area contributed by atoms with Gasteiger partial charge in [0, 0.05) is 0 Å². The molecule has 156 valence electrons. The normalized spacial score (nSPS) is 12.5. The number of aromatic amines is 1. The summed E-state index contributed by atoms with van der Waals surface area (Å²) in [5, 5.41) is 19.0. The van der Waals surface area contributed by atoms with Gasteiger partial charge in [0.05, 0.1) is 32.7 Å². The summed E-state index contributed by atoms with van der Waals surface area (Å²) in [6, 6.07) is 8.11. The number of thiazole rings is 1. The zero-order valence-electron chi connectivity index (χ0n) is 15.3. The fourth-order valence-corrected chi connectivity index (χ4v) is 6.63. The minimum atomic E-state index is -4.49. The highest BCUT2D eigenvalue weighted by Crippen LogP contribution is 2.39. The number of nitrogens with two attached hydrogens (primary N) is 1. The smallest absolute Gasteiger partial charge is 0.240 e. The van der Waals surface area contributed by atoms with Crippen molar-refractivity contribution in [3.8, 4) is 22.5 Å². The molecular formula is C16H16N7O4S3+. The quantitative estimate of drug-likeness (QED) is 0.348. The molecule has 0 amide bonds. The van der Waals surface area contributed by atoms with E-state index >= 15 is 0 Å². The van der Waals surface area contributed by atoms with Crippen molar-refractivity contribution in [3.05, 3.63) is 35.8 Å². The Hall–Kier alpha value is -2.78. The highest BCUT2D eigenvalue weighted by molar-refractivity contribution is 7.93. The van der Waals surface area contributed by atoms with Crippen LogP contribution in [0.1, 0.15) is 0 Å². The summed E-state index contributed by atoms with van der Waals surface area (Å²) in [4.78, 5) is 3.27. The van der Waals surface area contributed by atoms with Crippen LogP contribution in [-0.2, 0) is 19.9 Å². The summed E-state index contributed by atoms with van der Waals surface area (Å²) in [6.07, 6.45) is 0. The minimum Gasteiger partial charge on any atom is -0.357 e. The lowest BCUT2D eigenvalue weighted by atomic mass is 9.99. The van der Waals surface area contributed by atoms with Gasteiger partial charge in [-0.3, -0.25) is 0 Å². The van der Waals surface area contributed by atoms with Gasteiger partial charge < -0.3 is 5.73 Å². The number of primary sulfonamides is 1. The van der Waals surface area contributed by atoms with E-state index in [4.69, 9.17) is 5.14 Å². The first-order chi connectivity index (χ1) is 14.2. The predicted molar refractivity (Wildman–Crippen MR) is 109 cm³/mol. The van der Waals surface area contributed by atoms with Crippen LogP contribution in [0, 0.1) is 0 Å². The Morgan fingerprint density at radius 2 is 1.93 bits per heavy atom. The molecule has 0 saturated heterocycles. The molecule has 4 aromatic rings. The van der Waals surface area contributed by atoms with Crippen molar-refractivity contribution in [2.75, 3.05) is 12.3 Å². The molecule has 2 aromatic carbocycles. The van der Waals surface area contributed by atoms with Crippen LogP contribution in [0.3, 0.4) is 0 Å². The molecule has 0 radical (unpaired) electrons. The number of quaternary nitrogens is 1. The second kappa shape index (κ2) is 7.48. The van der Waals surface area contributed by atoms with Gasteiger partial charge in [-0.1, -0.05) is 12.1 Å². The third-order valence-corrected chi connectivity index (χ3v) is 8.13. The molecule has 4 rings (SSSR count). The molecule has 0 bridgehead atoms. The minimum absolute atomic E-state index is 0.0500. The maximum Gasteiger partial charge on any atom is 0.240 e. The number of benzene rings is 2. The highest BCUT2D eigenvalue weighted by Gasteiger charge is 2.32. The summed E-state index contributed by atoms with van der Waals surface area (Å²) in [7, 11) is -8.47. The van der Waals surface area contributed by atoms with Crippen molar-refractivity contribution in [1.29, 1.82) is 0 Å². The number of H-pyrrole nitrogens is 1. The Morgan fingerprint density at radius 3 is 2.60 bits per heavy atom. The molecule has 0 unspecified atom stereocenters. The topological polar surface area (TPSA) is 189 Å². The molecule has 0 atom stereocenters. The standard InChI is InChI=1S/C16H15N7O4S3/c17-5-6-29(24,25)13-4-2-10(9-1-3-12-11(7-9)19-8-28-12)14(15(13)30(18,26)27)16-20-22-23-21-16/h1-4,7-8H,5-6,17H2,(H2,18,26,27)(H,20,21,22,23)/p+1. The Bertz CT molecular complexity index is 1450. The van der Waals surface area contributed by atoms with Gasteiger partial charge in [0.15, 0.2) is 9.84 Å². The Kier molecular flexibility index (Phi) is 5.11. The SMILES string of the molecule is NS(=O)(=O)c1c(S(=O)(=O)CC[NH3+])ccc(-c2ccc3scnc3c2)c1-c1nn[nH]n1. The number of rotatable bonds is 6. The van der Waals surface area contributed by atoms with Gasteiger partial charge >= 0.3 is 0 Å². The van der Waals surface area contributed by atoms with E-state index in [1.807, 2.05) is 6.07 Å². The van der Waals surface area contributed by atoms with Crippen molar-refractivity contribution in [1.82, 2.24) is 25.6 Å². The van der Waals surface area contributed by atoms with Gasteiger partial charge in [-0.2, -0.15) is 5.21 Å². The number of aromatic nitrogens is 5. The molecule has 11 nitrogen and oxygen atoms in total. The monoisotopic (exact) mass is 466 g/mol. The number of tetrazole rings is 1. The molecule has 0 aliphatic rings. The lowest BCUT2D eigenvalue weighted by molar-refractivity contribution is -0.360. The van der Waals surface area contributed by atoms with Crippen LogP contribution in [-0.4, -0.2) is 54.7 Å². The van der Waals surface area contributed by atoms with Gasteiger partial charge in [-0.25, -0.2) is 27.0 Å². The van der Waals surface area contributed by atoms with E-state index in [9.17, 15) is 16.8 Å². The lowest BCUT2D eigenvalue weighted by Crippen LogP contribution is -2.53. The van der Waals surface area contributed by atoms with E-state index < -0.39 is 29.7 Å². The summed E-state index contributed by atoms with van der Waals surface area (Å²) in [5.41, 5.74) is 6.87. The second-order valence-corrected chi connectivity index (χ2v) is 10.8. The van der Waals surface area contributed by atoms with Crippen LogP contribution in [0.2, 0.25) is 0 Å². The molecule has 0 aliphatic heterocycles. The molecule has 0 spiro atoms. The van der Waals surface area contributed by atoms with Crippen LogP contribution in [0.5, 0.6) is 0 Å². The van der Waals surface area contributed by atoms with Gasteiger partial charge in [-0.15, -0.1) is 21.5 Å². The summed E-state index contributed by atoms with van der Waals surface area (Å²) >= 11 is 1.46. The molecule has 0 saturated carbocycles. The largest absolute Gasteiger partial charge is 0.357 e. The highest BCUT2D eigenvalue weighted by atomic mass is 32.2. The maximum atomic E-state index is 12.8. The number of hydrogen-bond donors (Lipinski definition) is 3. The number of hydrogen-bond acceptors (Lipinski definition) is 9. The van der Waals surface area contributed by atoms with Crippen LogP contribution < -0.4 is 10.9 Å². The van der Waals surface area contributed by atoms with Gasteiger partial charge in [-0.05, 0) is 34.5 Å². The van der Waals surface area contributed by atoms with Crippen LogP contribution in [0.25, 0.3) is 32.7 Å². The van der Waals surface area contributed by atoms with Crippen molar-refractivity contribution in [2.45, 2.75) is 9.79 Å². The second-order valence-electron chi connectivity index (χ2n) is 6.30. The summed E-state index contributed by atoms with van der Waals surface area (Å²) in [5.74, 6) is -0.440. The van der Waals surface area contributed by atoms with Crippen LogP contribution >= 0.6 is 11.3 Å². The molecule has 2 aromatic heterocycles. The Labute approximate surface area is 175 Å². The summed E-state index contributed by atoms with van der Waals surface area (Å²) in [6.45, 7) is 0.0617. The predicted octanol–water partition coefficient (Wildman–Crippen LogP) is -0.194. The molecule has 0 aliphatic carbocycles. The zero-order chi connectivity index (χ0) is 21.5. The fraction of sp³-hybridized carbons (Fsp3) is 0.125. The average molecular weight is 467 g/mol. The number of nitrogens with zero attached hydrogens (tertiary/aromatic N) is 4. The van der Waals surface area contributed by atoms with E-state index in [1.54, 1.807) is 17.6 Å². The van der Waals surface area contributed by atoms with Gasteiger partial charge in [0.25, 0.3) is 0 Å². The van der Waals surface area contributed by atoms with Gasteiger partial charge in [0.2, 0.25) is 15.8 Å². The fourth-order valence-electron chi connectivity index (χ4n) is 3.15. The van der Waals surface area contributed by atoms with E-state index in [1.165, 1.54) is 23.5 Å². The number of sulfone groups is 1. The number of sulfonamides is 1. The third kappa shape index (κ3) is 3.59. The van der Waals surface area contributed by atoms with E-state index in [0.29, 0.717) is 16.6 Å². The lowest BCUT2D eigenvalue weighted by Gasteiger charge is -2.16. The van der Waals surface area contributed by atoms with E-state index in [2.05, 4.69) is 31.3 Å². The van der Waals surface area contributed by atoms with Crippen LogP contribution in [0.4, 0.5) is 0 Å². The zero-order valence-corrected chi connectivity index (χ0v) is 17.8. The first-order valence-corrected chi connectivity index (χ1v) is 12.6. The van der Waals surface area contributed by atoms with Crippen molar-refractivity contribution in [2.24, 2.45) is 5.14 Å². The van der Waals surface area contributed by atoms with Crippen molar-refractivity contribution >= 4 is 41.4 Å². The first-order valence-electron chi connectivity index (χ1n) is 8.51. The molecule has 6 N–H and O–H groups in total. The van der Waals surface area contributed by atoms with E-state index in [0.717, 1.165) is 4.70 Å². The Morgan fingerprint density at radius 1 is 1.13 bits per heavy atom. The first kappa shape index (κ1) is 20.5. The van der Waals surface area contributed by atoms with Crippen LogP contribution in [0.15, 0.2) is 45.6 Å².